The maximum Gasteiger partial charge on any atom is 0.239 e. The molecule has 0 aliphatic carbocycles. The normalized spacial score (nSPS) is 18.1. The van der Waals surface area contributed by atoms with Crippen molar-refractivity contribution in [1.82, 2.24) is 5.32 Å². The Hall–Kier alpha value is -3.12. The van der Waals surface area contributed by atoms with Gasteiger partial charge in [-0.2, -0.15) is 5.10 Å². The summed E-state index contributed by atoms with van der Waals surface area (Å²) in [7, 11) is 0. The number of nitrogens with zero attached hydrogens (tertiary/aromatic N) is 2. The van der Waals surface area contributed by atoms with E-state index in [1.807, 2.05) is 73.7 Å². The number of thioether (sulfide) groups is 1. The fourth-order valence-corrected chi connectivity index (χ4v) is 3.81. The van der Waals surface area contributed by atoms with Gasteiger partial charge in [0, 0.05) is 5.56 Å². The molecule has 1 fully saturated rings. The smallest absolute Gasteiger partial charge is 0.239 e. The molecule has 28 heavy (non-hydrogen) atoms. The number of carbonyl (C=O) groups excluding carboxylic acids is 1. The van der Waals surface area contributed by atoms with E-state index in [0.717, 1.165) is 16.9 Å². The van der Waals surface area contributed by atoms with Gasteiger partial charge in [-0.25, -0.2) is 0 Å². The molecular weight excluding hydrogens is 370 g/mol. The molecule has 2 aromatic carbocycles. The van der Waals surface area contributed by atoms with E-state index in [-0.39, 0.29) is 11.2 Å². The van der Waals surface area contributed by atoms with Crippen LogP contribution in [0.3, 0.4) is 0 Å². The van der Waals surface area contributed by atoms with Gasteiger partial charge >= 0.3 is 0 Å². The van der Waals surface area contributed by atoms with E-state index in [2.05, 4.69) is 15.5 Å². The number of carbonyl (C=O) groups is 1. The minimum Gasteiger partial charge on any atom is -0.455 e. The van der Waals surface area contributed by atoms with Crippen LogP contribution < -0.4 is 5.32 Å². The summed E-state index contributed by atoms with van der Waals surface area (Å²) in [5, 5.41) is 11.3. The number of amidine groups is 1. The van der Waals surface area contributed by atoms with Crippen molar-refractivity contribution in [3.05, 3.63) is 83.6 Å². The fourth-order valence-electron chi connectivity index (χ4n) is 2.85. The lowest BCUT2D eigenvalue weighted by Crippen LogP contribution is -2.25. The number of amides is 1. The minimum atomic E-state index is -0.187. The van der Waals surface area contributed by atoms with Crippen molar-refractivity contribution in [3.8, 4) is 11.3 Å². The highest BCUT2D eigenvalue weighted by atomic mass is 32.2. The van der Waals surface area contributed by atoms with Gasteiger partial charge in [0.15, 0.2) is 5.17 Å². The Morgan fingerprint density at radius 2 is 1.86 bits per heavy atom. The number of nitrogens with one attached hydrogen (secondary N) is 1. The molecule has 5 nitrogen and oxygen atoms in total. The lowest BCUT2D eigenvalue weighted by molar-refractivity contribution is -0.118. The van der Waals surface area contributed by atoms with Crippen LogP contribution in [0.2, 0.25) is 0 Å². The summed E-state index contributed by atoms with van der Waals surface area (Å²) >= 11 is 1.40. The quantitative estimate of drug-likeness (QED) is 0.519. The molecule has 1 aromatic heterocycles. The lowest BCUT2D eigenvalue weighted by Gasteiger charge is -2.04. The summed E-state index contributed by atoms with van der Waals surface area (Å²) < 4.78 is 5.78. The van der Waals surface area contributed by atoms with Crippen LogP contribution in [0.1, 0.15) is 16.9 Å². The van der Waals surface area contributed by atoms with Crippen LogP contribution in [0, 0.1) is 6.92 Å². The highest BCUT2D eigenvalue weighted by Gasteiger charge is 2.30. The number of aryl methyl sites for hydroxylation is 1. The van der Waals surface area contributed by atoms with Gasteiger partial charge in [-0.05, 0) is 31.0 Å². The van der Waals surface area contributed by atoms with Crippen LogP contribution in [-0.4, -0.2) is 22.5 Å². The van der Waals surface area contributed by atoms with Crippen molar-refractivity contribution in [2.45, 2.75) is 18.6 Å². The van der Waals surface area contributed by atoms with Gasteiger partial charge in [-0.15, -0.1) is 5.10 Å². The average Bonchev–Trinajstić information content (AvgIpc) is 3.30. The molecule has 3 aromatic rings. The van der Waals surface area contributed by atoms with Crippen molar-refractivity contribution in [2.75, 3.05) is 0 Å². The number of hydrogen-bond donors (Lipinski definition) is 1. The zero-order valence-electron chi connectivity index (χ0n) is 15.3. The van der Waals surface area contributed by atoms with Gasteiger partial charge in [-0.1, -0.05) is 71.9 Å². The van der Waals surface area contributed by atoms with E-state index >= 15 is 0 Å². The molecule has 0 unspecified atom stereocenters. The van der Waals surface area contributed by atoms with Gasteiger partial charge < -0.3 is 9.73 Å². The summed E-state index contributed by atoms with van der Waals surface area (Å²) in [5.41, 5.74) is 3.34. The first kappa shape index (κ1) is 18.3. The lowest BCUT2D eigenvalue weighted by atomic mass is 10.1. The number of furan rings is 1. The molecule has 2 heterocycles. The summed E-state index contributed by atoms with van der Waals surface area (Å²) in [6.07, 6.45) is 2.21. The molecule has 0 radical (unpaired) electrons. The molecule has 1 N–H and O–H groups in total. The molecule has 1 aliphatic rings. The monoisotopic (exact) mass is 389 g/mol. The van der Waals surface area contributed by atoms with Crippen LogP contribution >= 0.6 is 11.8 Å². The Bertz CT molecular complexity index is 1020. The third kappa shape index (κ3) is 4.40. The Morgan fingerprint density at radius 1 is 1.07 bits per heavy atom. The average molecular weight is 389 g/mol. The minimum absolute atomic E-state index is 0.0394. The first-order valence-corrected chi connectivity index (χ1v) is 9.85. The largest absolute Gasteiger partial charge is 0.455 e. The van der Waals surface area contributed by atoms with E-state index in [1.54, 1.807) is 6.21 Å². The van der Waals surface area contributed by atoms with Gasteiger partial charge in [0.05, 0.1) is 11.5 Å². The van der Waals surface area contributed by atoms with Crippen molar-refractivity contribution < 1.29 is 9.21 Å². The van der Waals surface area contributed by atoms with Gasteiger partial charge in [-0.3, -0.25) is 4.79 Å². The maximum absolute atomic E-state index is 12.1. The molecule has 1 aliphatic heterocycles. The van der Waals surface area contributed by atoms with Gasteiger partial charge in [0.1, 0.15) is 11.5 Å². The second-order valence-corrected chi connectivity index (χ2v) is 7.69. The summed E-state index contributed by atoms with van der Waals surface area (Å²) in [5.74, 6) is 1.35. The van der Waals surface area contributed by atoms with Crippen LogP contribution in [0.5, 0.6) is 0 Å². The van der Waals surface area contributed by atoms with E-state index in [9.17, 15) is 4.79 Å². The van der Waals surface area contributed by atoms with Crippen molar-refractivity contribution >= 4 is 29.1 Å². The zero-order valence-corrected chi connectivity index (χ0v) is 16.1. The summed E-state index contributed by atoms with van der Waals surface area (Å²) in [6, 6.07) is 21.8. The molecule has 6 heteroatoms. The Balaban J connectivity index is 1.38. The van der Waals surface area contributed by atoms with Crippen LogP contribution in [0.4, 0.5) is 0 Å². The van der Waals surface area contributed by atoms with Crippen LogP contribution in [0.25, 0.3) is 11.3 Å². The molecule has 4 rings (SSSR count). The number of hydrogen-bond acceptors (Lipinski definition) is 5. The molecule has 1 amide bonds. The standard InChI is InChI=1S/C22H19N3O2S/c1-15-7-9-17(10-8-15)19-12-11-18(27-19)14-23-25-22-24-21(26)20(28-22)13-16-5-3-2-4-6-16/h2-12,14,20H,13H2,1H3,(H,24,25,26)/b23-14-/t20-/m0/s1. The van der Waals surface area contributed by atoms with E-state index in [4.69, 9.17) is 4.42 Å². The van der Waals surface area contributed by atoms with Crippen molar-refractivity contribution in [3.63, 3.8) is 0 Å². The molecule has 1 atom stereocenters. The molecule has 0 spiro atoms. The first-order valence-electron chi connectivity index (χ1n) is 8.97. The van der Waals surface area contributed by atoms with Crippen molar-refractivity contribution in [2.24, 2.45) is 10.2 Å². The molecule has 0 saturated carbocycles. The van der Waals surface area contributed by atoms with Gasteiger partial charge in [0.25, 0.3) is 0 Å². The van der Waals surface area contributed by atoms with E-state index in [0.29, 0.717) is 17.3 Å². The summed E-state index contributed by atoms with van der Waals surface area (Å²) in [4.78, 5) is 12.1. The topological polar surface area (TPSA) is 67.0 Å². The third-order valence-corrected chi connectivity index (χ3v) is 5.41. The number of benzene rings is 2. The Kier molecular flexibility index (Phi) is 5.39. The Labute approximate surface area is 167 Å². The van der Waals surface area contributed by atoms with Crippen molar-refractivity contribution in [1.29, 1.82) is 0 Å². The van der Waals surface area contributed by atoms with E-state index < -0.39 is 0 Å². The molecule has 140 valence electrons. The van der Waals surface area contributed by atoms with Crippen LogP contribution in [0.15, 0.2) is 81.4 Å². The van der Waals surface area contributed by atoms with E-state index in [1.165, 1.54) is 17.3 Å². The molecule has 0 bridgehead atoms. The Morgan fingerprint density at radius 3 is 2.64 bits per heavy atom. The molecular formula is C22H19N3O2S. The third-order valence-electron chi connectivity index (χ3n) is 4.34. The SMILES string of the molecule is Cc1ccc(-c2ccc(/C=N\N=C3\NC(=O)[C@H](Cc4ccccc4)S3)o2)cc1. The predicted octanol–water partition coefficient (Wildman–Crippen LogP) is 4.42. The highest BCUT2D eigenvalue weighted by molar-refractivity contribution is 8.15. The molecule has 1 saturated heterocycles. The summed E-state index contributed by atoms with van der Waals surface area (Å²) in [6.45, 7) is 2.05. The predicted molar refractivity (Wildman–Crippen MR) is 114 cm³/mol. The second kappa shape index (κ2) is 8.27. The fraction of sp³-hybridized carbons (Fsp3) is 0.136. The second-order valence-electron chi connectivity index (χ2n) is 6.50. The highest BCUT2D eigenvalue weighted by Crippen LogP contribution is 2.24. The zero-order chi connectivity index (χ0) is 19.3. The first-order chi connectivity index (χ1) is 13.7. The van der Waals surface area contributed by atoms with Gasteiger partial charge in [0.2, 0.25) is 5.91 Å². The number of rotatable bonds is 5. The maximum atomic E-state index is 12.1. The van der Waals surface area contributed by atoms with Crippen LogP contribution in [-0.2, 0) is 11.2 Å².